The predicted molar refractivity (Wildman–Crippen MR) is 55.3 cm³/mol. The molecule has 0 radical (unpaired) electrons. The Balaban J connectivity index is 3.72. The van der Waals surface area contributed by atoms with Crippen molar-refractivity contribution in [1.82, 2.24) is 5.32 Å². The molecule has 0 aliphatic carbocycles. The molecule has 0 rings (SSSR count). The number of carbonyl (C=O) groups is 1. The lowest BCUT2D eigenvalue weighted by atomic mass is 10.1. The van der Waals surface area contributed by atoms with Gasteiger partial charge in [0, 0.05) is 12.5 Å². The Morgan fingerprint density at radius 3 is 2.31 bits per heavy atom. The Kier molecular flexibility index (Phi) is 6.59. The maximum absolute atomic E-state index is 11.4. The fraction of sp³-hybridized carbons (Fsp3) is 0.900. The summed E-state index contributed by atoms with van der Waals surface area (Å²) in [6, 6.07) is 0.331. The average molecular weight is 186 g/mol. The number of rotatable bonds is 6. The molecule has 0 bridgehead atoms. The van der Waals surface area contributed by atoms with E-state index in [1.165, 1.54) is 0 Å². The van der Waals surface area contributed by atoms with E-state index in [4.69, 9.17) is 5.73 Å². The highest BCUT2D eigenvalue weighted by atomic mass is 16.1. The van der Waals surface area contributed by atoms with Gasteiger partial charge >= 0.3 is 0 Å². The van der Waals surface area contributed by atoms with E-state index >= 15 is 0 Å². The molecule has 3 heteroatoms. The first-order valence-corrected chi connectivity index (χ1v) is 5.13. The van der Waals surface area contributed by atoms with Crippen LogP contribution in [0.1, 0.15) is 40.0 Å². The van der Waals surface area contributed by atoms with Crippen LogP contribution in [0.3, 0.4) is 0 Å². The third-order valence-electron chi connectivity index (χ3n) is 2.29. The van der Waals surface area contributed by atoms with E-state index in [2.05, 4.69) is 19.2 Å². The minimum absolute atomic E-state index is 0.131. The number of carbonyl (C=O) groups excluding carboxylic acids is 1. The van der Waals surface area contributed by atoms with Gasteiger partial charge in [-0.2, -0.15) is 0 Å². The van der Waals surface area contributed by atoms with Crippen LogP contribution < -0.4 is 11.1 Å². The highest BCUT2D eigenvalue weighted by Gasteiger charge is 2.10. The molecule has 0 aromatic carbocycles. The zero-order valence-electron chi connectivity index (χ0n) is 8.97. The van der Waals surface area contributed by atoms with Crippen LogP contribution in [0, 0.1) is 5.92 Å². The molecule has 0 spiro atoms. The maximum Gasteiger partial charge on any atom is 0.220 e. The third kappa shape index (κ3) is 5.64. The molecule has 0 fully saturated rings. The van der Waals surface area contributed by atoms with Crippen LogP contribution in [0.2, 0.25) is 0 Å². The molecule has 78 valence electrons. The molecule has 0 saturated heterocycles. The van der Waals surface area contributed by atoms with E-state index in [1.807, 2.05) is 6.92 Å². The second-order valence-electron chi connectivity index (χ2n) is 3.63. The van der Waals surface area contributed by atoms with E-state index in [1.54, 1.807) is 0 Å². The molecule has 0 aromatic heterocycles. The van der Waals surface area contributed by atoms with Gasteiger partial charge in [0.25, 0.3) is 0 Å². The first-order chi connectivity index (χ1) is 6.13. The summed E-state index contributed by atoms with van der Waals surface area (Å²) in [5, 5.41) is 2.99. The SMILES string of the molecule is CCC(CC)NC(=O)CC(C)CN. The largest absolute Gasteiger partial charge is 0.353 e. The summed E-state index contributed by atoms with van der Waals surface area (Å²) in [5.41, 5.74) is 5.44. The molecule has 1 atom stereocenters. The van der Waals surface area contributed by atoms with Crippen LogP contribution in [0.15, 0.2) is 0 Å². The van der Waals surface area contributed by atoms with Gasteiger partial charge in [-0.1, -0.05) is 20.8 Å². The van der Waals surface area contributed by atoms with E-state index in [-0.39, 0.29) is 11.8 Å². The minimum Gasteiger partial charge on any atom is -0.353 e. The lowest BCUT2D eigenvalue weighted by Crippen LogP contribution is -2.35. The molecule has 0 aliphatic rings. The molecule has 0 aromatic rings. The highest BCUT2D eigenvalue weighted by molar-refractivity contribution is 5.76. The zero-order chi connectivity index (χ0) is 10.3. The normalized spacial score (nSPS) is 13.0. The monoisotopic (exact) mass is 186 g/mol. The van der Waals surface area contributed by atoms with E-state index < -0.39 is 0 Å². The summed E-state index contributed by atoms with van der Waals surface area (Å²) in [5.74, 6) is 0.418. The number of hydrogen-bond donors (Lipinski definition) is 2. The van der Waals surface area contributed by atoms with Crippen LogP contribution in [0.5, 0.6) is 0 Å². The number of amides is 1. The van der Waals surface area contributed by atoms with Gasteiger partial charge in [-0.25, -0.2) is 0 Å². The van der Waals surface area contributed by atoms with Crippen molar-refractivity contribution < 1.29 is 4.79 Å². The van der Waals surface area contributed by atoms with Gasteiger partial charge in [0.05, 0.1) is 0 Å². The highest BCUT2D eigenvalue weighted by Crippen LogP contribution is 2.01. The molecule has 0 heterocycles. The maximum atomic E-state index is 11.4. The zero-order valence-corrected chi connectivity index (χ0v) is 8.97. The molecule has 1 unspecified atom stereocenters. The van der Waals surface area contributed by atoms with Gasteiger partial charge in [0.2, 0.25) is 5.91 Å². The summed E-state index contributed by atoms with van der Waals surface area (Å²) < 4.78 is 0. The molecule has 0 saturated carbocycles. The van der Waals surface area contributed by atoms with Gasteiger partial charge in [-0.3, -0.25) is 4.79 Å². The molecular weight excluding hydrogens is 164 g/mol. The molecule has 13 heavy (non-hydrogen) atoms. The van der Waals surface area contributed by atoms with Gasteiger partial charge in [0.15, 0.2) is 0 Å². The van der Waals surface area contributed by atoms with Gasteiger partial charge in [-0.05, 0) is 25.3 Å². The number of hydrogen-bond acceptors (Lipinski definition) is 2. The van der Waals surface area contributed by atoms with Crippen LogP contribution >= 0.6 is 0 Å². The van der Waals surface area contributed by atoms with E-state index in [0.717, 1.165) is 12.8 Å². The first kappa shape index (κ1) is 12.4. The predicted octanol–water partition coefficient (Wildman–Crippen LogP) is 1.28. The summed E-state index contributed by atoms with van der Waals surface area (Å²) in [6.07, 6.45) is 2.55. The van der Waals surface area contributed by atoms with Crippen molar-refractivity contribution >= 4 is 5.91 Å². The number of nitrogens with two attached hydrogens (primary N) is 1. The molecule has 3 N–H and O–H groups in total. The summed E-state index contributed by atoms with van der Waals surface area (Å²) in [7, 11) is 0. The van der Waals surface area contributed by atoms with E-state index in [0.29, 0.717) is 19.0 Å². The third-order valence-corrected chi connectivity index (χ3v) is 2.29. The lowest BCUT2D eigenvalue weighted by molar-refractivity contribution is -0.122. The average Bonchev–Trinajstić information content (AvgIpc) is 2.13. The Hall–Kier alpha value is -0.570. The van der Waals surface area contributed by atoms with Crippen molar-refractivity contribution in [3.63, 3.8) is 0 Å². The van der Waals surface area contributed by atoms with Crippen LogP contribution in [-0.2, 0) is 4.79 Å². The summed E-state index contributed by atoms with van der Waals surface area (Å²) >= 11 is 0. The van der Waals surface area contributed by atoms with Gasteiger partial charge in [-0.15, -0.1) is 0 Å². The second-order valence-corrected chi connectivity index (χ2v) is 3.63. The topological polar surface area (TPSA) is 55.1 Å². The van der Waals surface area contributed by atoms with Crippen molar-refractivity contribution in [3.05, 3.63) is 0 Å². The lowest BCUT2D eigenvalue weighted by Gasteiger charge is -2.16. The standard InChI is InChI=1S/C10H22N2O/c1-4-9(5-2)12-10(13)6-8(3)7-11/h8-9H,4-7,11H2,1-3H3,(H,12,13). The fourth-order valence-corrected chi connectivity index (χ4v) is 1.18. The first-order valence-electron chi connectivity index (χ1n) is 5.13. The summed E-state index contributed by atoms with van der Waals surface area (Å²) in [6.45, 7) is 6.74. The van der Waals surface area contributed by atoms with Crippen LogP contribution in [0.4, 0.5) is 0 Å². The smallest absolute Gasteiger partial charge is 0.220 e. The second kappa shape index (κ2) is 6.89. The van der Waals surface area contributed by atoms with Gasteiger partial charge < -0.3 is 11.1 Å². The number of nitrogens with one attached hydrogen (secondary N) is 1. The fourth-order valence-electron chi connectivity index (χ4n) is 1.18. The van der Waals surface area contributed by atoms with Crippen LogP contribution in [0.25, 0.3) is 0 Å². The van der Waals surface area contributed by atoms with Crippen molar-refractivity contribution in [1.29, 1.82) is 0 Å². The van der Waals surface area contributed by atoms with Gasteiger partial charge in [0.1, 0.15) is 0 Å². The molecule has 0 aliphatic heterocycles. The van der Waals surface area contributed by atoms with Crippen LogP contribution in [-0.4, -0.2) is 18.5 Å². The minimum atomic E-state index is 0.131. The molecular formula is C10H22N2O. The quantitative estimate of drug-likeness (QED) is 0.656. The van der Waals surface area contributed by atoms with E-state index in [9.17, 15) is 4.79 Å². The Morgan fingerprint density at radius 1 is 1.38 bits per heavy atom. The summed E-state index contributed by atoms with van der Waals surface area (Å²) in [4.78, 5) is 11.4. The van der Waals surface area contributed by atoms with Crippen molar-refractivity contribution in [3.8, 4) is 0 Å². The van der Waals surface area contributed by atoms with Crippen molar-refractivity contribution in [2.75, 3.05) is 6.54 Å². The van der Waals surface area contributed by atoms with Crippen molar-refractivity contribution in [2.45, 2.75) is 46.1 Å². The Labute approximate surface area is 81.1 Å². The van der Waals surface area contributed by atoms with Crippen molar-refractivity contribution in [2.24, 2.45) is 11.7 Å². The molecule has 3 nitrogen and oxygen atoms in total. The Morgan fingerprint density at radius 2 is 1.92 bits per heavy atom. The molecule has 1 amide bonds. The Bertz CT molecular complexity index is 144.